The van der Waals surface area contributed by atoms with E-state index in [9.17, 15) is 4.39 Å². The van der Waals surface area contributed by atoms with Gasteiger partial charge in [0.25, 0.3) is 0 Å². The van der Waals surface area contributed by atoms with E-state index in [-0.39, 0.29) is 11.9 Å². The highest BCUT2D eigenvalue weighted by Gasteiger charge is 2.12. The Morgan fingerprint density at radius 3 is 2.88 bits per heavy atom. The largest absolute Gasteiger partial charge is 0.459 e. The average Bonchev–Trinajstić information content (AvgIpc) is 2.69. The molecular formula is C13H15BrFNO. The summed E-state index contributed by atoms with van der Waals surface area (Å²) >= 11 is 3.17. The lowest BCUT2D eigenvalue weighted by Gasteiger charge is -2.09. The lowest BCUT2D eigenvalue weighted by Crippen LogP contribution is -2.18. The highest BCUT2D eigenvalue weighted by atomic mass is 79.9. The SMILES string of the molecule is CCCNC(C)c1cc2cc(Br)c(F)cc2o1. The molecule has 1 atom stereocenters. The fourth-order valence-electron chi connectivity index (χ4n) is 1.73. The van der Waals surface area contributed by atoms with E-state index < -0.39 is 0 Å². The van der Waals surface area contributed by atoms with Crippen LogP contribution in [0.1, 0.15) is 32.1 Å². The van der Waals surface area contributed by atoms with Crippen molar-refractivity contribution in [3.05, 3.63) is 34.2 Å². The molecule has 0 aliphatic rings. The summed E-state index contributed by atoms with van der Waals surface area (Å²) in [7, 11) is 0. The number of rotatable bonds is 4. The molecule has 0 spiro atoms. The number of benzene rings is 1. The molecule has 0 saturated heterocycles. The second-order valence-corrected chi connectivity index (χ2v) is 4.98. The summed E-state index contributed by atoms with van der Waals surface area (Å²) in [4.78, 5) is 0. The van der Waals surface area contributed by atoms with Crippen LogP contribution in [0.5, 0.6) is 0 Å². The first-order valence-electron chi connectivity index (χ1n) is 5.73. The van der Waals surface area contributed by atoms with Crippen LogP contribution in [-0.2, 0) is 0 Å². The van der Waals surface area contributed by atoms with E-state index in [1.54, 1.807) is 6.07 Å². The average molecular weight is 300 g/mol. The molecule has 2 rings (SSSR count). The Labute approximate surface area is 108 Å². The Hall–Kier alpha value is -0.870. The third-order valence-electron chi connectivity index (χ3n) is 2.71. The van der Waals surface area contributed by atoms with Crippen LogP contribution in [0.4, 0.5) is 4.39 Å². The van der Waals surface area contributed by atoms with E-state index in [0.717, 1.165) is 24.1 Å². The lowest BCUT2D eigenvalue weighted by molar-refractivity contribution is 0.451. The molecule has 0 bridgehead atoms. The number of fused-ring (bicyclic) bond motifs is 1. The number of furan rings is 1. The minimum atomic E-state index is -0.299. The van der Waals surface area contributed by atoms with Crippen LogP contribution in [0.3, 0.4) is 0 Å². The second-order valence-electron chi connectivity index (χ2n) is 4.13. The van der Waals surface area contributed by atoms with Crippen LogP contribution in [0.2, 0.25) is 0 Å². The fraction of sp³-hybridized carbons (Fsp3) is 0.385. The molecule has 2 aromatic rings. The van der Waals surface area contributed by atoms with Gasteiger partial charge in [0.2, 0.25) is 0 Å². The van der Waals surface area contributed by atoms with Crippen molar-refractivity contribution in [1.29, 1.82) is 0 Å². The van der Waals surface area contributed by atoms with Crippen LogP contribution >= 0.6 is 15.9 Å². The van der Waals surface area contributed by atoms with Crippen molar-refractivity contribution in [3.8, 4) is 0 Å². The van der Waals surface area contributed by atoms with E-state index >= 15 is 0 Å². The maximum Gasteiger partial charge on any atom is 0.141 e. The third kappa shape index (κ3) is 2.69. The van der Waals surface area contributed by atoms with Gasteiger partial charge in [0, 0.05) is 11.5 Å². The van der Waals surface area contributed by atoms with E-state index in [0.29, 0.717) is 10.1 Å². The molecule has 4 heteroatoms. The first kappa shape index (κ1) is 12.6. The molecule has 1 unspecified atom stereocenters. The van der Waals surface area contributed by atoms with Crippen molar-refractivity contribution < 1.29 is 8.81 Å². The highest BCUT2D eigenvalue weighted by Crippen LogP contribution is 2.28. The summed E-state index contributed by atoms with van der Waals surface area (Å²) in [5.41, 5.74) is 0.589. The molecule has 1 heterocycles. The number of hydrogen-bond acceptors (Lipinski definition) is 2. The van der Waals surface area contributed by atoms with Gasteiger partial charge < -0.3 is 9.73 Å². The smallest absolute Gasteiger partial charge is 0.141 e. The molecule has 0 aliphatic heterocycles. The number of halogens is 2. The fourth-order valence-corrected chi connectivity index (χ4v) is 2.09. The van der Waals surface area contributed by atoms with E-state index in [1.807, 2.05) is 13.0 Å². The maximum absolute atomic E-state index is 13.3. The van der Waals surface area contributed by atoms with E-state index in [2.05, 4.69) is 28.2 Å². The number of hydrogen-bond donors (Lipinski definition) is 1. The van der Waals surface area contributed by atoms with Gasteiger partial charge >= 0.3 is 0 Å². The zero-order chi connectivity index (χ0) is 12.4. The molecule has 1 N–H and O–H groups in total. The van der Waals surface area contributed by atoms with Crippen molar-refractivity contribution in [2.45, 2.75) is 26.3 Å². The molecule has 17 heavy (non-hydrogen) atoms. The molecule has 92 valence electrons. The van der Waals surface area contributed by atoms with E-state index in [1.165, 1.54) is 6.07 Å². The van der Waals surface area contributed by atoms with Gasteiger partial charge in [0.1, 0.15) is 17.2 Å². The van der Waals surface area contributed by atoms with Crippen molar-refractivity contribution in [2.24, 2.45) is 0 Å². The summed E-state index contributed by atoms with van der Waals surface area (Å²) in [6, 6.07) is 5.25. The zero-order valence-corrected chi connectivity index (χ0v) is 11.5. The van der Waals surface area contributed by atoms with Gasteiger partial charge in [-0.05, 0) is 48.0 Å². The van der Waals surface area contributed by atoms with Crippen molar-refractivity contribution in [1.82, 2.24) is 5.32 Å². The molecule has 0 radical (unpaired) electrons. The standard InChI is InChI=1S/C13H15BrFNO/c1-3-4-16-8(2)12-6-9-5-10(14)11(15)7-13(9)17-12/h5-8,16H,3-4H2,1-2H3. The summed E-state index contributed by atoms with van der Waals surface area (Å²) < 4.78 is 19.4. The Bertz CT molecular complexity index is 484. The van der Waals surface area contributed by atoms with Crippen LogP contribution in [-0.4, -0.2) is 6.54 Å². The van der Waals surface area contributed by atoms with Crippen molar-refractivity contribution >= 4 is 26.9 Å². The van der Waals surface area contributed by atoms with Gasteiger partial charge in [-0.25, -0.2) is 4.39 Å². The summed E-state index contributed by atoms with van der Waals surface area (Å²) in [6.07, 6.45) is 1.07. The predicted molar refractivity (Wildman–Crippen MR) is 70.6 cm³/mol. The molecule has 1 aromatic heterocycles. The Morgan fingerprint density at radius 2 is 2.18 bits per heavy atom. The van der Waals surface area contributed by atoms with Crippen LogP contribution in [0.25, 0.3) is 11.0 Å². The maximum atomic E-state index is 13.3. The topological polar surface area (TPSA) is 25.2 Å². The Morgan fingerprint density at radius 1 is 1.41 bits per heavy atom. The van der Waals surface area contributed by atoms with Crippen LogP contribution in [0, 0.1) is 5.82 Å². The van der Waals surface area contributed by atoms with E-state index in [4.69, 9.17) is 4.42 Å². The van der Waals surface area contributed by atoms with Crippen LogP contribution in [0.15, 0.2) is 27.1 Å². The quantitative estimate of drug-likeness (QED) is 0.905. The second kappa shape index (κ2) is 5.19. The first-order valence-corrected chi connectivity index (χ1v) is 6.53. The molecule has 1 aromatic carbocycles. The first-order chi connectivity index (χ1) is 8.11. The van der Waals surface area contributed by atoms with Gasteiger partial charge in [-0.3, -0.25) is 0 Å². The zero-order valence-electron chi connectivity index (χ0n) is 9.89. The summed E-state index contributed by atoms with van der Waals surface area (Å²) in [5.74, 6) is 0.540. The number of nitrogens with one attached hydrogen (secondary N) is 1. The summed E-state index contributed by atoms with van der Waals surface area (Å²) in [5, 5.41) is 4.25. The third-order valence-corrected chi connectivity index (χ3v) is 3.31. The van der Waals surface area contributed by atoms with Crippen molar-refractivity contribution in [3.63, 3.8) is 0 Å². The van der Waals surface area contributed by atoms with Crippen molar-refractivity contribution in [2.75, 3.05) is 6.54 Å². The lowest BCUT2D eigenvalue weighted by atomic mass is 10.2. The molecule has 0 aliphatic carbocycles. The van der Waals surface area contributed by atoms with Gasteiger partial charge in [-0.15, -0.1) is 0 Å². The highest BCUT2D eigenvalue weighted by molar-refractivity contribution is 9.10. The van der Waals surface area contributed by atoms with Gasteiger partial charge in [0.15, 0.2) is 0 Å². The van der Waals surface area contributed by atoms with Gasteiger partial charge in [0.05, 0.1) is 10.5 Å². The predicted octanol–water partition coefficient (Wildman–Crippen LogP) is 4.40. The molecular weight excluding hydrogens is 285 g/mol. The Kier molecular flexibility index (Phi) is 3.84. The van der Waals surface area contributed by atoms with Crippen LogP contribution < -0.4 is 5.32 Å². The summed E-state index contributed by atoms with van der Waals surface area (Å²) in [6.45, 7) is 5.10. The van der Waals surface area contributed by atoms with Gasteiger partial charge in [-0.2, -0.15) is 0 Å². The van der Waals surface area contributed by atoms with Gasteiger partial charge in [-0.1, -0.05) is 6.92 Å². The monoisotopic (exact) mass is 299 g/mol. The minimum Gasteiger partial charge on any atom is -0.459 e. The molecule has 0 amide bonds. The minimum absolute atomic E-state index is 0.143. The molecule has 0 fully saturated rings. The normalized spacial score (nSPS) is 13.2. The Balaban J connectivity index is 2.31. The molecule has 0 saturated carbocycles. The molecule has 2 nitrogen and oxygen atoms in total.